The summed E-state index contributed by atoms with van der Waals surface area (Å²) in [5.74, 6) is 0. The third-order valence-electron chi connectivity index (χ3n) is 1.58. The van der Waals surface area contributed by atoms with Gasteiger partial charge in [0, 0.05) is 4.88 Å². The number of nitrogens with zero attached hydrogens (tertiary/aromatic N) is 1. The lowest BCUT2D eigenvalue weighted by atomic mass is 10.3. The van der Waals surface area contributed by atoms with Gasteiger partial charge in [0.2, 0.25) is 0 Å². The zero-order chi connectivity index (χ0) is 9.10. The molecule has 0 aliphatic heterocycles. The summed E-state index contributed by atoms with van der Waals surface area (Å²) in [6.07, 6.45) is 7.33. The highest BCUT2D eigenvalue weighted by Crippen LogP contribution is 2.23. The van der Waals surface area contributed by atoms with Crippen LogP contribution in [0.25, 0.3) is 12.2 Å². The fraction of sp³-hybridized carbons (Fsp3) is 0. The highest BCUT2D eigenvalue weighted by Gasteiger charge is 1.95. The summed E-state index contributed by atoms with van der Waals surface area (Å²) in [5.41, 5.74) is 0.976. The number of hydrogen-bond donors (Lipinski definition) is 1. The predicted molar refractivity (Wildman–Crippen MR) is 56.8 cm³/mol. The third kappa shape index (κ3) is 1.99. The molecular weight excluding hydrogens is 204 g/mol. The lowest BCUT2D eigenvalue weighted by Crippen LogP contribution is -1.67. The van der Waals surface area contributed by atoms with Gasteiger partial charge in [0.1, 0.15) is 0 Å². The molecule has 0 aliphatic carbocycles. The van der Waals surface area contributed by atoms with E-state index in [1.54, 1.807) is 23.9 Å². The van der Waals surface area contributed by atoms with Crippen molar-refractivity contribution in [2.24, 2.45) is 0 Å². The minimum absolute atomic E-state index is 0.792. The second-order valence-electron chi connectivity index (χ2n) is 2.47. The Morgan fingerprint density at radius 2 is 2.38 bits per heavy atom. The fourth-order valence-electron chi connectivity index (χ4n) is 0.948. The van der Waals surface area contributed by atoms with Crippen LogP contribution in [0.2, 0.25) is 5.02 Å². The van der Waals surface area contributed by atoms with Gasteiger partial charge >= 0.3 is 0 Å². The highest BCUT2D eigenvalue weighted by molar-refractivity contribution is 7.11. The Labute approximate surface area is 84.9 Å². The van der Waals surface area contributed by atoms with Crippen molar-refractivity contribution in [3.8, 4) is 0 Å². The smallest absolute Gasteiger partial charge is 0.0924 e. The molecule has 0 amide bonds. The second kappa shape index (κ2) is 3.77. The molecule has 0 aromatic carbocycles. The van der Waals surface area contributed by atoms with Gasteiger partial charge in [-0.1, -0.05) is 11.6 Å². The summed E-state index contributed by atoms with van der Waals surface area (Å²) >= 11 is 7.53. The molecule has 2 nitrogen and oxygen atoms in total. The molecular formula is C9H7ClN2S. The molecule has 66 valence electrons. The SMILES string of the molecule is Clc1ccsc1/C=C/c1cnc[nH]1. The summed E-state index contributed by atoms with van der Waals surface area (Å²) in [6.45, 7) is 0. The van der Waals surface area contributed by atoms with Gasteiger partial charge in [-0.05, 0) is 23.6 Å². The molecule has 0 atom stereocenters. The molecule has 0 spiro atoms. The average molecular weight is 211 g/mol. The zero-order valence-electron chi connectivity index (χ0n) is 6.70. The molecule has 0 radical (unpaired) electrons. The number of imidazole rings is 1. The van der Waals surface area contributed by atoms with Crippen LogP contribution >= 0.6 is 22.9 Å². The van der Waals surface area contributed by atoms with Crippen molar-refractivity contribution in [1.29, 1.82) is 0 Å². The number of halogens is 1. The van der Waals surface area contributed by atoms with Crippen molar-refractivity contribution in [2.45, 2.75) is 0 Å². The zero-order valence-corrected chi connectivity index (χ0v) is 8.27. The summed E-state index contributed by atoms with van der Waals surface area (Å²) in [7, 11) is 0. The van der Waals surface area contributed by atoms with Crippen LogP contribution in [-0.2, 0) is 0 Å². The minimum atomic E-state index is 0.792. The van der Waals surface area contributed by atoms with Gasteiger partial charge in [-0.3, -0.25) is 0 Å². The number of rotatable bonds is 2. The first-order valence-electron chi connectivity index (χ1n) is 3.76. The van der Waals surface area contributed by atoms with Crippen molar-refractivity contribution >= 4 is 35.1 Å². The lowest BCUT2D eigenvalue weighted by Gasteiger charge is -1.86. The van der Waals surface area contributed by atoms with Crippen LogP contribution < -0.4 is 0 Å². The Morgan fingerprint density at radius 1 is 1.46 bits per heavy atom. The van der Waals surface area contributed by atoms with Crippen LogP contribution in [0.15, 0.2) is 24.0 Å². The predicted octanol–water partition coefficient (Wildman–Crippen LogP) is 3.30. The molecule has 0 bridgehead atoms. The van der Waals surface area contributed by atoms with E-state index >= 15 is 0 Å². The second-order valence-corrected chi connectivity index (χ2v) is 3.83. The minimum Gasteiger partial charge on any atom is -0.345 e. The summed E-state index contributed by atoms with van der Waals surface area (Å²) < 4.78 is 0. The molecule has 2 rings (SSSR count). The van der Waals surface area contributed by atoms with E-state index in [0.717, 1.165) is 15.6 Å². The number of thiophene rings is 1. The molecule has 0 aliphatic rings. The number of aromatic amines is 1. The monoisotopic (exact) mass is 210 g/mol. The molecule has 0 saturated heterocycles. The van der Waals surface area contributed by atoms with E-state index in [4.69, 9.17) is 11.6 Å². The van der Waals surface area contributed by atoms with E-state index in [1.807, 2.05) is 23.6 Å². The first-order valence-corrected chi connectivity index (χ1v) is 5.01. The van der Waals surface area contributed by atoms with Crippen molar-refractivity contribution in [2.75, 3.05) is 0 Å². The third-order valence-corrected chi connectivity index (χ3v) is 2.90. The Kier molecular flexibility index (Phi) is 2.47. The van der Waals surface area contributed by atoms with Gasteiger partial charge in [-0.2, -0.15) is 0 Å². The van der Waals surface area contributed by atoms with E-state index < -0.39 is 0 Å². The first kappa shape index (κ1) is 8.53. The quantitative estimate of drug-likeness (QED) is 0.810. The van der Waals surface area contributed by atoms with Crippen molar-refractivity contribution in [3.63, 3.8) is 0 Å². The molecule has 1 N–H and O–H groups in total. The molecule has 2 aromatic rings. The largest absolute Gasteiger partial charge is 0.345 e. The Balaban J connectivity index is 2.19. The molecule has 13 heavy (non-hydrogen) atoms. The maximum atomic E-state index is 5.91. The van der Waals surface area contributed by atoms with Crippen LogP contribution in [0.3, 0.4) is 0 Å². The lowest BCUT2D eigenvalue weighted by molar-refractivity contribution is 1.31. The molecule has 2 heterocycles. The van der Waals surface area contributed by atoms with Crippen LogP contribution in [-0.4, -0.2) is 9.97 Å². The van der Waals surface area contributed by atoms with E-state index in [2.05, 4.69) is 9.97 Å². The Hall–Kier alpha value is -1.06. The van der Waals surface area contributed by atoms with Gasteiger partial charge in [-0.25, -0.2) is 4.98 Å². The van der Waals surface area contributed by atoms with Gasteiger partial charge in [0.05, 0.1) is 23.2 Å². The maximum Gasteiger partial charge on any atom is 0.0924 e. The van der Waals surface area contributed by atoms with E-state index in [9.17, 15) is 0 Å². The maximum absolute atomic E-state index is 5.91. The average Bonchev–Trinajstić information content (AvgIpc) is 2.72. The van der Waals surface area contributed by atoms with Crippen molar-refractivity contribution in [3.05, 3.63) is 39.6 Å². The van der Waals surface area contributed by atoms with E-state index in [1.165, 1.54) is 0 Å². The van der Waals surface area contributed by atoms with Crippen LogP contribution in [0, 0.1) is 0 Å². The number of H-pyrrole nitrogens is 1. The Morgan fingerprint density at radius 3 is 3.00 bits per heavy atom. The molecule has 0 fully saturated rings. The van der Waals surface area contributed by atoms with Gasteiger partial charge in [0.15, 0.2) is 0 Å². The van der Waals surface area contributed by atoms with Crippen LogP contribution in [0.1, 0.15) is 10.6 Å². The standard InChI is InChI=1S/C9H7ClN2S/c10-8-3-4-13-9(8)2-1-7-5-11-6-12-7/h1-6H,(H,11,12)/b2-1+. The van der Waals surface area contributed by atoms with Crippen molar-refractivity contribution in [1.82, 2.24) is 9.97 Å². The molecule has 0 unspecified atom stereocenters. The summed E-state index contributed by atoms with van der Waals surface area (Å²) in [5, 5.41) is 2.76. The van der Waals surface area contributed by atoms with Gasteiger partial charge < -0.3 is 4.98 Å². The number of hydrogen-bond acceptors (Lipinski definition) is 2. The summed E-state index contributed by atoms with van der Waals surface area (Å²) in [6, 6.07) is 1.89. The van der Waals surface area contributed by atoms with Crippen LogP contribution in [0.5, 0.6) is 0 Å². The summed E-state index contributed by atoms with van der Waals surface area (Å²) in [4.78, 5) is 7.96. The molecule has 4 heteroatoms. The molecule has 0 saturated carbocycles. The van der Waals surface area contributed by atoms with Crippen LogP contribution in [0.4, 0.5) is 0 Å². The first-order chi connectivity index (χ1) is 6.36. The van der Waals surface area contributed by atoms with Gasteiger partial charge in [-0.15, -0.1) is 11.3 Å². The number of nitrogens with one attached hydrogen (secondary N) is 1. The number of aromatic nitrogens is 2. The normalized spacial score (nSPS) is 11.2. The van der Waals surface area contributed by atoms with E-state index in [-0.39, 0.29) is 0 Å². The Bertz CT molecular complexity index is 403. The van der Waals surface area contributed by atoms with Gasteiger partial charge in [0.25, 0.3) is 0 Å². The fourth-order valence-corrected chi connectivity index (χ4v) is 1.96. The van der Waals surface area contributed by atoms with Crippen molar-refractivity contribution < 1.29 is 0 Å². The molecule has 2 aromatic heterocycles. The topological polar surface area (TPSA) is 28.7 Å². The van der Waals surface area contributed by atoms with E-state index in [0.29, 0.717) is 0 Å². The highest BCUT2D eigenvalue weighted by atomic mass is 35.5.